The molecule has 2 aromatic carbocycles. The molecule has 11 nitrogen and oxygen atoms in total. The Morgan fingerprint density at radius 1 is 0.974 bits per heavy atom. The highest BCUT2D eigenvalue weighted by molar-refractivity contribution is 7.89. The number of amides is 2. The Kier molecular flexibility index (Phi) is 8.49. The zero-order chi connectivity index (χ0) is 27.3. The van der Waals surface area contributed by atoms with Crippen LogP contribution in [0.3, 0.4) is 0 Å². The van der Waals surface area contributed by atoms with Gasteiger partial charge in [0.2, 0.25) is 5.75 Å². The first kappa shape index (κ1) is 27.4. The second-order valence-electron chi connectivity index (χ2n) is 8.39. The van der Waals surface area contributed by atoms with Crippen LogP contribution in [0.1, 0.15) is 44.6 Å². The summed E-state index contributed by atoms with van der Waals surface area (Å²) < 4.78 is 40.8. The fourth-order valence-electron chi connectivity index (χ4n) is 4.19. The average molecular weight is 561 g/mol. The number of methoxy groups -OCH3 is 3. The van der Waals surface area contributed by atoms with E-state index in [1.54, 1.807) is 40.6 Å². The Bertz CT molecular complexity index is 1400. The number of ether oxygens (including phenoxy) is 3. The third-order valence-corrected chi connectivity index (χ3v) is 8.44. The van der Waals surface area contributed by atoms with Crippen molar-refractivity contribution in [1.29, 1.82) is 0 Å². The molecule has 13 heteroatoms. The molecule has 3 aromatic rings. The highest BCUT2D eigenvalue weighted by Crippen LogP contribution is 2.40. The largest absolute Gasteiger partial charge is 0.493 e. The molecule has 0 atom stereocenters. The number of piperidine rings is 1. The van der Waals surface area contributed by atoms with E-state index in [2.05, 4.69) is 15.2 Å². The zero-order valence-corrected chi connectivity index (χ0v) is 22.7. The summed E-state index contributed by atoms with van der Waals surface area (Å²) in [5.41, 5.74) is 2.71. The lowest BCUT2D eigenvalue weighted by atomic mass is 9.97. The van der Waals surface area contributed by atoms with Gasteiger partial charge in [0.15, 0.2) is 11.5 Å². The standard InChI is InChI=1S/C25H28N4O7S2/c1-34-20-10-9-18(21(35-2)22(20)36-3)25(31)29-13-11-16(12-14-29)24-26-19(15-37-24)23(30)27-28-38(32,33)17-7-5-4-6-8-17/h4-10,15-16,28H,11-14H2,1-3H3,(H,27,30). The van der Waals surface area contributed by atoms with Crippen molar-refractivity contribution in [2.45, 2.75) is 23.7 Å². The molecule has 202 valence electrons. The van der Waals surface area contributed by atoms with Crippen LogP contribution >= 0.6 is 11.3 Å². The summed E-state index contributed by atoms with van der Waals surface area (Å²) >= 11 is 1.33. The number of hydrogen-bond donors (Lipinski definition) is 2. The maximum absolute atomic E-state index is 13.3. The van der Waals surface area contributed by atoms with Gasteiger partial charge in [0.25, 0.3) is 21.8 Å². The lowest BCUT2D eigenvalue weighted by molar-refractivity contribution is 0.0708. The first-order chi connectivity index (χ1) is 18.3. The first-order valence-corrected chi connectivity index (χ1v) is 14.1. The number of nitrogens with zero attached hydrogens (tertiary/aromatic N) is 2. The van der Waals surface area contributed by atoms with Crippen molar-refractivity contribution < 1.29 is 32.2 Å². The van der Waals surface area contributed by atoms with Crippen molar-refractivity contribution in [2.24, 2.45) is 0 Å². The molecule has 0 radical (unpaired) electrons. The van der Waals surface area contributed by atoms with Gasteiger partial charge in [0.05, 0.1) is 36.8 Å². The molecule has 0 aliphatic carbocycles. The van der Waals surface area contributed by atoms with E-state index in [4.69, 9.17) is 14.2 Å². The van der Waals surface area contributed by atoms with Crippen molar-refractivity contribution >= 4 is 33.2 Å². The van der Waals surface area contributed by atoms with Crippen LogP contribution in [0.15, 0.2) is 52.7 Å². The molecular formula is C25H28N4O7S2. The molecule has 0 saturated carbocycles. The van der Waals surface area contributed by atoms with Gasteiger partial charge in [-0.1, -0.05) is 18.2 Å². The minimum atomic E-state index is -3.90. The number of likely N-dealkylation sites (tertiary alicyclic amines) is 1. The van der Waals surface area contributed by atoms with Crippen molar-refractivity contribution in [3.05, 3.63) is 64.1 Å². The van der Waals surface area contributed by atoms with Gasteiger partial charge in [0.1, 0.15) is 5.69 Å². The lowest BCUT2D eigenvalue weighted by Crippen LogP contribution is -2.41. The number of rotatable bonds is 9. The number of nitrogens with one attached hydrogen (secondary N) is 2. The third-order valence-electron chi connectivity index (χ3n) is 6.17. The van der Waals surface area contributed by atoms with Crippen LogP contribution in [-0.2, 0) is 10.0 Å². The molecule has 1 fully saturated rings. The number of benzene rings is 2. The monoisotopic (exact) mass is 560 g/mol. The normalized spacial score (nSPS) is 14.1. The minimum Gasteiger partial charge on any atom is -0.493 e. The van der Waals surface area contributed by atoms with Gasteiger partial charge >= 0.3 is 0 Å². The molecule has 2 heterocycles. The predicted octanol–water partition coefficient (Wildman–Crippen LogP) is 2.81. The van der Waals surface area contributed by atoms with Crippen LogP contribution in [0, 0.1) is 0 Å². The number of thiazole rings is 1. The summed E-state index contributed by atoms with van der Waals surface area (Å²) in [7, 11) is 0.581. The second kappa shape index (κ2) is 11.8. The maximum Gasteiger partial charge on any atom is 0.285 e. The molecule has 38 heavy (non-hydrogen) atoms. The summed E-state index contributed by atoms with van der Waals surface area (Å²) in [4.78, 5) is 34.1. The second-order valence-corrected chi connectivity index (χ2v) is 11.0. The van der Waals surface area contributed by atoms with Gasteiger partial charge in [0, 0.05) is 24.4 Å². The summed E-state index contributed by atoms with van der Waals surface area (Å²) in [6.07, 6.45) is 1.33. The van der Waals surface area contributed by atoms with E-state index in [0.29, 0.717) is 48.7 Å². The minimum absolute atomic E-state index is 0.0336. The van der Waals surface area contributed by atoms with E-state index >= 15 is 0 Å². The van der Waals surface area contributed by atoms with Gasteiger partial charge in [-0.25, -0.2) is 13.4 Å². The van der Waals surface area contributed by atoms with Gasteiger partial charge in [-0.3, -0.25) is 15.0 Å². The highest BCUT2D eigenvalue weighted by atomic mass is 32.2. The van der Waals surface area contributed by atoms with Crippen LogP contribution in [-0.4, -0.2) is 64.5 Å². The van der Waals surface area contributed by atoms with Gasteiger partial charge < -0.3 is 19.1 Å². The van der Waals surface area contributed by atoms with Crippen molar-refractivity contribution in [2.75, 3.05) is 34.4 Å². The van der Waals surface area contributed by atoms with E-state index in [0.717, 1.165) is 5.01 Å². The number of carbonyl (C=O) groups is 2. The highest BCUT2D eigenvalue weighted by Gasteiger charge is 2.30. The van der Waals surface area contributed by atoms with Gasteiger partial charge in [-0.2, -0.15) is 0 Å². The lowest BCUT2D eigenvalue weighted by Gasteiger charge is -2.31. The fraction of sp³-hybridized carbons (Fsp3) is 0.320. The van der Waals surface area contributed by atoms with E-state index in [-0.39, 0.29) is 22.4 Å². The topological polar surface area (TPSA) is 136 Å². The van der Waals surface area contributed by atoms with E-state index in [1.165, 1.54) is 44.8 Å². The molecule has 0 unspecified atom stereocenters. The Labute approximate surface area is 224 Å². The van der Waals surface area contributed by atoms with Gasteiger partial charge in [-0.15, -0.1) is 16.2 Å². The summed E-state index contributed by atoms with van der Waals surface area (Å²) in [6, 6.07) is 11.1. The Hall–Kier alpha value is -3.68. The molecule has 4 rings (SSSR count). The fourth-order valence-corrected chi connectivity index (χ4v) is 6.02. The molecule has 2 amide bonds. The molecule has 0 bridgehead atoms. The quantitative estimate of drug-likeness (QED) is 0.382. The summed E-state index contributed by atoms with van der Waals surface area (Å²) in [6.45, 7) is 0.998. The number of aromatic nitrogens is 1. The number of hydrazine groups is 1. The Balaban J connectivity index is 1.36. The van der Waals surface area contributed by atoms with E-state index in [9.17, 15) is 18.0 Å². The van der Waals surface area contributed by atoms with Crippen LogP contribution in [0.2, 0.25) is 0 Å². The van der Waals surface area contributed by atoms with Crippen molar-refractivity contribution in [1.82, 2.24) is 20.1 Å². The number of sulfonamides is 1. The van der Waals surface area contributed by atoms with Crippen LogP contribution in [0.5, 0.6) is 17.2 Å². The summed E-state index contributed by atoms with van der Waals surface area (Å²) in [5.74, 6) is 0.383. The molecular weight excluding hydrogens is 532 g/mol. The van der Waals surface area contributed by atoms with Gasteiger partial charge in [-0.05, 0) is 37.1 Å². The average Bonchev–Trinajstić information content (AvgIpc) is 3.46. The molecule has 0 spiro atoms. The SMILES string of the molecule is COc1ccc(C(=O)N2CCC(c3nc(C(=O)NNS(=O)(=O)c4ccccc4)cs3)CC2)c(OC)c1OC. The predicted molar refractivity (Wildman–Crippen MR) is 140 cm³/mol. The molecule has 1 saturated heterocycles. The van der Waals surface area contributed by atoms with Crippen molar-refractivity contribution in [3.63, 3.8) is 0 Å². The maximum atomic E-state index is 13.3. The molecule has 1 aliphatic heterocycles. The van der Waals surface area contributed by atoms with Crippen molar-refractivity contribution in [3.8, 4) is 17.2 Å². The third kappa shape index (κ3) is 5.74. The number of carbonyl (C=O) groups excluding carboxylic acids is 2. The molecule has 1 aliphatic rings. The van der Waals surface area contributed by atoms with Crippen LogP contribution in [0.4, 0.5) is 0 Å². The van der Waals surface area contributed by atoms with E-state index < -0.39 is 15.9 Å². The van der Waals surface area contributed by atoms with Crippen LogP contribution in [0.25, 0.3) is 0 Å². The Morgan fingerprint density at radius 2 is 1.66 bits per heavy atom. The first-order valence-electron chi connectivity index (χ1n) is 11.7. The number of hydrogen-bond acceptors (Lipinski definition) is 9. The molecule has 2 N–H and O–H groups in total. The Morgan fingerprint density at radius 3 is 2.29 bits per heavy atom. The molecule has 1 aromatic heterocycles. The van der Waals surface area contributed by atoms with E-state index in [1.807, 2.05) is 0 Å². The zero-order valence-electron chi connectivity index (χ0n) is 21.1. The summed E-state index contributed by atoms with van der Waals surface area (Å²) in [5, 5.41) is 2.35. The van der Waals surface area contributed by atoms with Crippen LogP contribution < -0.4 is 24.5 Å². The smallest absolute Gasteiger partial charge is 0.285 e.